The Morgan fingerprint density at radius 2 is 1.93 bits per heavy atom. The summed E-state index contributed by atoms with van der Waals surface area (Å²) in [5.41, 5.74) is 1.60. The van der Waals surface area contributed by atoms with E-state index in [-0.39, 0.29) is 5.91 Å². The van der Waals surface area contributed by atoms with Crippen LogP contribution >= 0.6 is 34.5 Å². The van der Waals surface area contributed by atoms with Gasteiger partial charge in [-0.2, -0.15) is 0 Å². The zero-order valence-electron chi connectivity index (χ0n) is 14.8. The Balaban J connectivity index is 1.64. The van der Waals surface area contributed by atoms with Crippen molar-refractivity contribution in [3.8, 4) is 5.75 Å². The minimum Gasteiger partial charge on any atom is -0.486 e. The number of amides is 1. The summed E-state index contributed by atoms with van der Waals surface area (Å²) < 4.78 is 5.71. The standard InChI is InChI=1S/C19H17Cl2N3O2S/c1-12-18(19(25)24(2)10-13-3-8-16(21)22-9-13)27-17(23-12)11-26-15-6-4-14(20)5-7-15/h3-9H,10-11H2,1-2H3. The van der Waals surface area contributed by atoms with Crippen LogP contribution in [0.2, 0.25) is 10.2 Å². The molecule has 0 radical (unpaired) electrons. The maximum Gasteiger partial charge on any atom is 0.265 e. The molecule has 1 aromatic carbocycles. The van der Waals surface area contributed by atoms with E-state index in [1.165, 1.54) is 11.3 Å². The molecule has 0 saturated heterocycles. The van der Waals surface area contributed by atoms with E-state index in [9.17, 15) is 4.79 Å². The second-order valence-corrected chi connectivity index (χ2v) is 7.82. The van der Waals surface area contributed by atoms with Crippen molar-refractivity contribution >= 4 is 40.4 Å². The number of hydrogen-bond donors (Lipinski definition) is 0. The Kier molecular flexibility index (Phi) is 6.31. The van der Waals surface area contributed by atoms with Gasteiger partial charge in [0.25, 0.3) is 5.91 Å². The third-order valence-corrected chi connectivity index (χ3v) is 5.36. The largest absolute Gasteiger partial charge is 0.486 e. The third-order valence-electron chi connectivity index (χ3n) is 3.77. The van der Waals surface area contributed by atoms with Crippen molar-refractivity contribution in [3.63, 3.8) is 0 Å². The first kappa shape index (κ1) is 19.6. The van der Waals surface area contributed by atoms with Gasteiger partial charge in [-0.15, -0.1) is 11.3 Å². The van der Waals surface area contributed by atoms with Gasteiger partial charge >= 0.3 is 0 Å². The molecule has 0 unspecified atom stereocenters. The van der Waals surface area contributed by atoms with Crippen LogP contribution in [0.4, 0.5) is 0 Å². The number of carbonyl (C=O) groups excluding carboxylic acids is 1. The zero-order valence-corrected chi connectivity index (χ0v) is 17.1. The Labute approximate surface area is 171 Å². The molecule has 0 bridgehead atoms. The smallest absolute Gasteiger partial charge is 0.265 e. The van der Waals surface area contributed by atoms with Crippen LogP contribution < -0.4 is 4.74 Å². The highest BCUT2D eigenvalue weighted by molar-refractivity contribution is 7.13. The second kappa shape index (κ2) is 8.69. The van der Waals surface area contributed by atoms with Crippen molar-refractivity contribution in [3.05, 3.63) is 73.9 Å². The molecule has 27 heavy (non-hydrogen) atoms. The van der Waals surface area contributed by atoms with Crippen molar-refractivity contribution in [1.82, 2.24) is 14.9 Å². The van der Waals surface area contributed by atoms with E-state index in [1.54, 1.807) is 48.5 Å². The topological polar surface area (TPSA) is 55.3 Å². The first-order valence-corrected chi connectivity index (χ1v) is 9.70. The number of carbonyl (C=O) groups is 1. The number of pyridine rings is 1. The van der Waals surface area contributed by atoms with E-state index in [2.05, 4.69) is 9.97 Å². The van der Waals surface area contributed by atoms with Crippen LogP contribution in [0.15, 0.2) is 42.6 Å². The van der Waals surface area contributed by atoms with Gasteiger partial charge in [0, 0.05) is 24.8 Å². The molecule has 1 amide bonds. The van der Waals surface area contributed by atoms with Crippen LogP contribution in [0, 0.1) is 6.92 Å². The Morgan fingerprint density at radius 3 is 2.59 bits per heavy atom. The van der Waals surface area contributed by atoms with Gasteiger partial charge < -0.3 is 9.64 Å². The highest BCUT2D eigenvalue weighted by Gasteiger charge is 2.19. The first-order chi connectivity index (χ1) is 12.9. The van der Waals surface area contributed by atoms with Crippen LogP contribution in [0.1, 0.15) is 25.9 Å². The van der Waals surface area contributed by atoms with Gasteiger partial charge in [0.2, 0.25) is 0 Å². The van der Waals surface area contributed by atoms with Gasteiger partial charge in [-0.25, -0.2) is 9.97 Å². The summed E-state index contributed by atoms with van der Waals surface area (Å²) in [4.78, 5) is 23.5. The number of ether oxygens (including phenoxy) is 1. The van der Waals surface area contributed by atoms with Crippen molar-refractivity contribution in [1.29, 1.82) is 0 Å². The Morgan fingerprint density at radius 1 is 1.19 bits per heavy atom. The van der Waals surface area contributed by atoms with Gasteiger partial charge in [0.15, 0.2) is 0 Å². The summed E-state index contributed by atoms with van der Waals surface area (Å²) in [7, 11) is 1.75. The first-order valence-electron chi connectivity index (χ1n) is 8.13. The molecule has 0 aliphatic carbocycles. The number of rotatable bonds is 6. The molecule has 5 nitrogen and oxygen atoms in total. The van der Waals surface area contributed by atoms with E-state index in [0.717, 1.165) is 10.6 Å². The fourth-order valence-electron chi connectivity index (χ4n) is 2.41. The predicted octanol–water partition coefficient (Wildman–Crippen LogP) is 5.00. The number of aromatic nitrogens is 2. The van der Waals surface area contributed by atoms with Gasteiger partial charge in [0.1, 0.15) is 27.4 Å². The molecule has 0 saturated carbocycles. The minimum atomic E-state index is -0.0855. The molecule has 2 aromatic heterocycles. The summed E-state index contributed by atoms with van der Waals surface area (Å²) in [5, 5.41) is 1.82. The van der Waals surface area contributed by atoms with Crippen LogP contribution in [0.5, 0.6) is 5.75 Å². The van der Waals surface area contributed by atoms with Gasteiger partial charge in [-0.05, 0) is 42.8 Å². The summed E-state index contributed by atoms with van der Waals surface area (Å²) in [5.74, 6) is 0.616. The molecule has 0 aliphatic rings. The fraction of sp³-hybridized carbons (Fsp3) is 0.211. The zero-order chi connectivity index (χ0) is 19.4. The average Bonchev–Trinajstić information content (AvgIpc) is 3.03. The Bertz CT molecular complexity index is 927. The lowest BCUT2D eigenvalue weighted by atomic mass is 10.2. The molecule has 3 aromatic rings. The molecule has 140 valence electrons. The molecular formula is C19H17Cl2N3O2S. The van der Waals surface area contributed by atoms with Crippen molar-refractivity contribution in [2.75, 3.05) is 7.05 Å². The molecule has 0 fully saturated rings. The molecule has 2 heterocycles. The molecule has 0 aliphatic heterocycles. The quantitative estimate of drug-likeness (QED) is 0.525. The number of thiazole rings is 1. The summed E-state index contributed by atoms with van der Waals surface area (Å²) >= 11 is 13.0. The second-order valence-electron chi connectivity index (χ2n) is 5.92. The SMILES string of the molecule is Cc1nc(COc2ccc(Cl)cc2)sc1C(=O)N(C)Cc1ccc(Cl)nc1. The van der Waals surface area contributed by atoms with E-state index in [1.807, 2.05) is 13.0 Å². The number of hydrogen-bond acceptors (Lipinski definition) is 5. The average molecular weight is 422 g/mol. The van der Waals surface area contributed by atoms with E-state index in [4.69, 9.17) is 27.9 Å². The summed E-state index contributed by atoms with van der Waals surface area (Å²) in [6.07, 6.45) is 1.66. The van der Waals surface area contributed by atoms with E-state index in [0.29, 0.717) is 39.6 Å². The van der Waals surface area contributed by atoms with Gasteiger partial charge in [0.05, 0.1) is 5.69 Å². The van der Waals surface area contributed by atoms with Gasteiger partial charge in [-0.1, -0.05) is 29.3 Å². The van der Waals surface area contributed by atoms with Crippen LogP contribution in [0.3, 0.4) is 0 Å². The van der Waals surface area contributed by atoms with E-state index >= 15 is 0 Å². The molecule has 3 rings (SSSR count). The van der Waals surface area contributed by atoms with E-state index < -0.39 is 0 Å². The molecule has 8 heteroatoms. The van der Waals surface area contributed by atoms with Gasteiger partial charge in [-0.3, -0.25) is 4.79 Å². The maximum atomic E-state index is 12.8. The fourth-order valence-corrected chi connectivity index (χ4v) is 3.62. The van der Waals surface area contributed by atoms with Crippen molar-refractivity contribution < 1.29 is 9.53 Å². The molecule has 0 N–H and O–H groups in total. The lowest BCUT2D eigenvalue weighted by Gasteiger charge is -2.16. The number of nitrogens with zero attached hydrogens (tertiary/aromatic N) is 3. The minimum absolute atomic E-state index is 0.0855. The lowest BCUT2D eigenvalue weighted by molar-refractivity contribution is 0.0789. The highest BCUT2D eigenvalue weighted by atomic mass is 35.5. The van der Waals surface area contributed by atoms with Crippen molar-refractivity contribution in [2.45, 2.75) is 20.1 Å². The van der Waals surface area contributed by atoms with Crippen LogP contribution in [0.25, 0.3) is 0 Å². The monoisotopic (exact) mass is 421 g/mol. The molecule has 0 atom stereocenters. The summed E-state index contributed by atoms with van der Waals surface area (Å²) in [6.45, 7) is 2.56. The lowest BCUT2D eigenvalue weighted by Crippen LogP contribution is -2.26. The highest BCUT2D eigenvalue weighted by Crippen LogP contribution is 2.23. The number of benzene rings is 1. The third kappa shape index (κ3) is 5.19. The van der Waals surface area contributed by atoms with Crippen LogP contribution in [-0.4, -0.2) is 27.8 Å². The number of halogens is 2. The van der Waals surface area contributed by atoms with Crippen LogP contribution in [-0.2, 0) is 13.2 Å². The normalized spacial score (nSPS) is 10.7. The molecule has 0 spiro atoms. The Hall–Kier alpha value is -2.15. The predicted molar refractivity (Wildman–Crippen MR) is 108 cm³/mol. The molecular weight excluding hydrogens is 405 g/mol. The summed E-state index contributed by atoms with van der Waals surface area (Å²) in [6, 6.07) is 10.7. The number of aryl methyl sites for hydroxylation is 1. The van der Waals surface area contributed by atoms with Crippen molar-refractivity contribution in [2.24, 2.45) is 0 Å². The maximum absolute atomic E-state index is 12.8.